The SMILES string of the molecule is CNc1nc(OC)nc(N2CCN(CCO)CC2)n1. The maximum atomic E-state index is 8.93. The summed E-state index contributed by atoms with van der Waals surface area (Å²) in [6, 6.07) is 0.312. The number of ether oxygens (including phenoxy) is 1. The lowest BCUT2D eigenvalue weighted by Gasteiger charge is -2.34. The molecule has 0 atom stereocenters. The second kappa shape index (κ2) is 6.48. The van der Waals surface area contributed by atoms with Gasteiger partial charge in [0.15, 0.2) is 0 Å². The van der Waals surface area contributed by atoms with Gasteiger partial charge in [0.1, 0.15) is 0 Å². The Morgan fingerprint density at radius 2 is 1.95 bits per heavy atom. The average molecular weight is 268 g/mol. The molecular formula is C11H20N6O2. The van der Waals surface area contributed by atoms with Gasteiger partial charge in [-0.15, -0.1) is 0 Å². The fraction of sp³-hybridized carbons (Fsp3) is 0.727. The molecular weight excluding hydrogens is 248 g/mol. The third-order valence-electron chi connectivity index (χ3n) is 3.08. The number of nitrogens with zero attached hydrogens (tertiary/aromatic N) is 5. The first-order valence-corrected chi connectivity index (χ1v) is 6.32. The van der Waals surface area contributed by atoms with Crippen molar-refractivity contribution in [2.75, 3.05) is 63.7 Å². The van der Waals surface area contributed by atoms with E-state index in [2.05, 4.69) is 30.1 Å². The number of methoxy groups -OCH3 is 1. The Kier molecular flexibility index (Phi) is 4.69. The van der Waals surface area contributed by atoms with Crippen LogP contribution in [0.1, 0.15) is 0 Å². The summed E-state index contributed by atoms with van der Waals surface area (Å²) < 4.78 is 5.08. The molecule has 0 amide bonds. The Hall–Kier alpha value is -1.67. The molecule has 106 valence electrons. The van der Waals surface area contributed by atoms with Gasteiger partial charge in [0.2, 0.25) is 11.9 Å². The van der Waals surface area contributed by atoms with Gasteiger partial charge in [-0.1, -0.05) is 0 Å². The van der Waals surface area contributed by atoms with Crippen molar-refractivity contribution in [2.24, 2.45) is 0 Å². The zero-order valence-corrected chi connectivity index (χ0v) is 11.3. The third kappa shape index (κ3) is 3.42. The number of aliphatic hydroxyl groups excluding tert-OH is 1. The minimum absolute atomic E-state index is 0.198. The van der Waals surface area contributed by atoms with E-state index in [-0.39, 0.29) is 6.61 Å². The molecule has 19 heavy (non-hydrogen) atoms. The molecule has 0 aromatic carbocycles. The van der Waals surface area contributed by atoms with Crippen LogP contribution in [0.3, 0.4) is 0 Å². The summed E-state index contributed by atoms with van der Waals surface area (Å²) in [4.78, 5) is 17.0. The van der Waals surface area contributed by atoms with Crippen LogP contribution in [0, 0.1) is 0 Å². The van der Waals surface area contributed by atoms with Crippen LogP contribution >= 0.6 is 0 Å². The van der Waals surface area contributed by atoms with E-state index in [1.807, 2.05) is 0 Å². The van der Waals surface area contributed by atoms with E-state index in [1.54, 1.807) is 7.05 Å². The summed E-state index contributed by atoms with van der Waals surface area (Å²) in [7, 11) is 3.30. The first-order chi connectivity index (χ1) is 9.26. The Morgan fingerprint density at radius 1 is 1.21 bits per heavy atom. The summed E-state index contributed by atoms with van der Waals surface area (Å²) in [5.74, 6) is 1.12. The minimum atomic E-state index is 0.198. The van der Waals surface area contributed by atoms with Crippen molar-refractivity contribution < 1.29 is 9.84 Å². The molecule has 2 rings (SSSR count). The van der Waals surface area contributed by atoms with Crippen molar-refractivity contribution >= 4 is 11.9 Å². The van der Waals surface area contributed by atoms with Gasteiger partial charge < -0.3 is 20.1 Å². The van der Waals surface area contributed by atoms with Crippen LogP contribution in [-0.4, -0.2) is 78.4 Å². The normalized spacial score (nSPS) is 16.5. The Balaban J connectivity index is 2.06. The van der Waals surface area contributed by atoms with Crippen molar-refractivity contribution in [3.05, 3.63) is 0 Å². The molecule has 1 aliphatic heterocycles. The lowest BCUT2D eigenvalue weighted by Crippen LogP contribution is -2.47. The van der Waals surface area contributed by atoms with Crippen LogP contribution in [0.2, 0.25) is 0 Å². The van der Waals surface area contributed by atoms with Crippen molar-refractivity contribution in [1.29, 1.82) is 0 Å². The number of hydrogen-bond donors (Lipinski definition) is 2. The van der Waals surface area contributed by atoms with Gasteiger partial charge in [-0.05, 0) is 0 Å². The summed E-state index contributed by atoms with van der Waals surface area (Å²) in [6.07, 6.45) is 0. The molecule has 0 radical (unpaired) electrons. The molecule has 8 heteroatoms. The van der Waals surface area contributed by atoms with Gasteiger partial charge >= 0.3 is 6.01 Å². The second-order valence-electron chi connectivity index (χ2n) is 4.25. The zero-order chi connectivity index (χ0) is 13.7. The van der Waals surface area contributed by atoms with Gasteiger partial charge in [-0.25, -0.2) is 0 Å². The van der Waals surface area contributed by atoms with Crippen LogP contribution in [0.5, 0.6) is 6.01 Å². The van der Waals surface area contributed by atoms with E-state index in [0.717, 1.165) is 32.7 Å². The van der Waals surface area contributed by atoms with Crippen LogP contribution in [0.25, 0.3) is 0 Å². The molecule has 1 saturated heterocycles. The Bertz CT molecular complexity index is 386. The van der Waals surface area contributed by atoms with E-state index in [0.29, 0.717) is 17.9 Å². The zero-order valence-electron chi connectivity index (χ0n) is 11.3. The fourth-order valence-electron chi connectivity index (χ4n) is 2.00. The molecule has 0 aliphatic carbocycles. The number of aliphatic hydroxyl groups is 1. The highest BCUT2D eigenvalue weighted by Gasteiger charge is 2.20. The van der Waals surface area contributed by atoms with Crippen molar-refractivity contribution in [3.8, 4) is 6.01 Å². The number of piperazine rings is 1. The highest BCUT2D eigenvalue weighted by atomic mass is 16.5. The van der Waals surface area contributed by atoms with Crippen LogP contribution in [0.15, 0.2) is 0 Å². The number of aromatic nitrogens is 3. The summed E-state index contributed by atoms with van der Waals surface area (Å²) in [6.45, 7) is 4.36. The van der Waals surface area contributed by atoms with Gasteiger partial charge in [0.25, 0.3) is 0 Å². The Labute approximate surface area is 112 Å². The van der Waals surface area contributed by atoms with Crippen LogP contribution in [0.4, 0.5) is 11.9 Å². The van der Waals surface area contributed by atoms with E-state index in [1.165, 1.54) is 7.11 Å². The summed E-state index contributed by atoms with van der Waals surface area (Å²) in [5, 5.41) is 11.8. The number of hydrogen-bond acceptors (Lipinski definition) is 8. The maximum absolute atomic E-state index is 8.93. The maximum Gasteiger partial charge on any atom is 0.322 e. The molecule has 0 unspecified atom stereocenters. The molecule has 1 aromatic heterocycles. The van der Waals surface area contributed by atoms with Crippen molar-refractivity contribution in [2.45, 2.75) is 0 Å². The monoisotopic (exact) mass is 268 g/mol. The molecule has 0 bridgehead atoms. The van der Waals surface area contributed by atoms with E-state index < -0.39 is 0 Å². The molecule has 0 saturated carbocycles. The van der Waals surface area contributed by atoms with Gasteiger partial charge in [-0.2, -0.15) is 15.0 Å². The molecule has 1 aromatic rings. The van der Waals surface area contributed by atoms with Gasteiger partial charge in [0.05, 0.1) is 13.7 Å². The average Bonchev–Trinajstić information content (AvgIpc) is 2.47. The molecule has 2 N–H and O–H groups in total. The van der Waals surface area contributed by atoms with Crippen molar-refractivity contribution in [3.63, 3.8) is 0 Å². The third-order valence-corrected chi connectivity index (χ3v) is 3.08. The molecule has 2 heterocycles. The first-order valence-electron chi connectivity index (χ1n) is 6.32. The number of rotatable bonds is 5. The van der Waals surface area contributed by atoms with E-state index in [9.17, 15) is 0 Å². The van der Waals surface area contributed by atoms with Crippen LogP contribution in [-0.2, 0) is 0 Å². The highest BCUT2D eigenvalue weighted by Crippen LogP contribution is 2.16. The number of nitrogens with one attached hydrogen (secondary N) is 1. The minimum Gasteiger partial charge on any atom is -0.467 e. The molecule has 8 nitrogen and oxygen atoms in total. The lowest BCUT2D eigenvalue weighted by atomic mass is 10.3. The standard InChI is InChI=1S/C11H20N6O2/c1-12-9-13-10(15-11(14-9)19-2)17-5-3-16(4-6-17)7-8-18/h18H,3-8H2,1-2H3,(H,12,13,14,15). The smallest absolute Gasteiger partial charge is 0.322 e. The molecule has 1 aliphatic rings. The Morgan fingerprint density at radius 3 is 2.53 bits per heavy atom. The molecule has 1 fully saturated rings. The van der Waals surface area contributed by atoms with E-state index >= 15 is 0 Å². The predicted molar refractivity (Wildman–Crippen MR) is 71.7 cm³/mol. The topological polar surface area (TPSA) is 86.6 Å². The van der Waals surface area contributed by atoms with Gasteiger partial charge in [-0.3, -0.25) is 4.90 Å². The number of β-amino-alcohol motifs (C(OH)–C–C–N with tert-alkyl or cyclic N) is 1. The largest absolute Gasteiger partial charge is 0.467 e. The fourth-order valence-corrected chi connectivity index (χ4v) is 2.00. The second-order valence-corrected chi connectivity index (χ2v) is 4.25. The molecule has 0 spiro atoms. The quantitative estimate of drug-likeness (QED) is 0.706. The van der Waals surface area contributed by atoms with Gasteiger partial charge in [0, 0.05) is 39.8 Å². The highest BCUT2D eigenvalue weighted by molar-refractivity contribution is 5.38. The summed E-state index contributed by atoms with van der Waals surface area (Å²) >= 11 is 0. The lowest BCUT2D eigenvalue weighted by molar-refractivity contribution is 0.188. The first kappa shape index (κ1) is 13.8. The number of anilines is 2. The van der Waals surface area contributed by atoms with E-state index in [4.69, 9.17) is 9.84 Å². The predicted octanol–water partition coefficient (Wildman–Crippen LogP) is -0.964. The summed E-state index contributed by atoms with van der Waals surface area (Å²) in [5.41, 5.74) is 0. The van der Waals surface area contributed by atoms with Crippen LogP contribution < -0.4 is 15.0 Å². The van der Waals surface area contributed by atoms with Crippen molar-refractivity contribution in [1.82, 2.24) is 19.9 Å².